The van der Waals surface area contributed by atoms with Crippen LogP contribution >= 0.6 is 11.3 Å². The first-order valence-corrected chi connectivity index (χ1v) is 17.1. The van der Waals surface area contributed by atoms with Crippen molar-refractivity contribution in [2.75, 3.05) is 0 Å². The van der Waals surface area contributed by atoms with Crippen molar-refractivity contribution in [3.63, 3.8) is 0 Å². The quantitative estimate of drug-likeness (QED) is 0.179. The molecule has 0 aliphatic heterocycles. The summed E-state index contributed by atoms with van der Waals surface area (Å²) >= 11 is 1.75. The van der Waals surface area contributed by atoms with Crippen LogP contribution in [0.1, 0.15) is 0 Å². The molecule has 0 saturated heterocycles. The summed E-state index contributed by atoms with van der Waals surface area (Å²) in [5, 5.41) is 10.4. The Morgan fingerprint density at radius 2 is 1.00 bits per heavy atom. The van der Waals surface area contributed by atoms with E-state index in [-0.39, 0.29) is 0 Å². The van der Waals surface area contributed by atoms with Crippen LogP contribution in [0.5, 0.6) is 0 Å². The average molecular weight is 643 g/mol. The van der Waals surface area contributed by atoms with Gasteiger partial charge in [0, 0.05) is 27.6 Å². The van der Waals surface area contributed by atoms with Gasteiger partial charge in [-0.1, -0.05) is 140 Å². The third-order valence-corrected chi connectivity index (χ3v) is 10.4. The molecule has 0 fully saturated rings. The Morgan fingerprint density at radius 3 is 1.86 bits per heavy atom. The van der Waals surface area contributed by atoms with Crippen LogP contribution in [-0.2, 0) is 0 Å². The van der Waals surface area contributed by atoms with Crippen molar-refractivity contribution >= 4 is 64.6 Å². The van der Waals surface area contributed by atoms with Crippen molar-refractivity contribution in [3.05, 3.63) is 158 Å². The lowest BCUT2D eigenvalue weighted by Gasteiger charge is -2.12. The molecule has 2 aromatic heterocycles. The third-order valence-electron chi connectivity index (χ3n) is 9.31. The van der Waals surface area contributed by atoms with Gasteiger partial charge in [0.2, 0.25) is 0 Å². The second-order valence-corrected chi connectivity index (χ2v) is 13.3. The van der Waals surface area contributed by atoms with E-state index in [9.17, 15) is 0 Å². The van der Waals surface area contributed by atoms with E-state index in [0.29, 0.717) is 17.5 Å². The lowest BCUT2D eigenvalue weighted by molar-refractivity contribution is 1.08. The van der Waals surface area contributed by atoms with Crippen LogP contribution in [-0.4, -0.2) is 19.9 Å². The first-order chi connectivity index (χ1) is 24.2. The van der Waals surface area contributed by atoms with Gasteiger partial charge in [-0.2, -0.15) is 0 Å². The normalized spacial score (nSPS) is 11.7. The fourth-order valence-corrected chi connectivity index (χ4v) is 8.02. The highest BCUT2D eigenvalue weighted by molar-refractivity contribution is 7.22. The fourth-order valence-electron chi connectivity index (χ4n) is 6.88. The maximum Gasteiger partial charge on any atom is 0.164 e. The molecule has 0 N–H and O–H groups in total. The van der Waals surface area contributed by atoms with Crippen molar-refractivity contribution in [1.29, 1.82) is 0 Å². The van der Waals surface area contributed by atoms with Crippen LogP contribution < -0.4 is 0 Å². The molecule has 0 saturated carbocycles. The number of aromatic nitrogens is 4. The molecule has 0 aliphatic carbocycles. The number of hydrogen-bond acceptors (Lipinski definition) is 5. The largest absolute Gasteiger partial charge is 0.236 e. The van der Waals surface area contributed by atoms with E-state index in [1.54, 1.807) is 11.3 Å². The zero-order valence-corrected chi connectivity index (χ0v) is 27.0. The van der Waals surface area contributed by atoms with E-state index in [0.717, 1.165) is 54.3 Å². The van der Waals surface area contributed by atoms with E-state index < -0.39 is 0 Å². The van der Waals surface area contributed by atoms with Crippen LogP contribution in [0, 0.1) is 0 Å². The Morgan fingerprint density at radius 1 is 0.367 bits per heavy atom. The zero-order chi connectivity index (χ0) is 32.3. The highest BCUT2D eigenvalue weighted by Gasteiger charge is 2.17. The summed E-state index contributed by atoms with van der Waals surface area (Å²) in [5.41, 5.74) is 5.04. The lowest BCUT2D eigenvalue weighted by atomic mass is 9.99. The summed E-state index contributed by atoms with van der Waals surface area (Å²) in [7, 11) is 0. The van der Waals surface area contributed by atoms with Gasteiger partial charge in [-0.15, -0.1) is 11.3 Å². The van der Waals surface area contributed by atoms with E-state index >= 15 is 0 Å². The van der Waals surface area contributed by atoms with Gasteiger partial charge < -0.3 is 0 Å². The van der Waals surface area contributed by atoms with E-state index in [1.807, 2.05) is 6.07 Å². The van der Waals surface area contributed by atoms with E-state index in [2.05, 4.69) is 152 Å². The molecule has 0 atom stereocenters. The topological polar surface area (TPSA) is 51.6 Å². The Labute approximate surface area is 286 Å². The molecule has 0 bridgehead atoms. The monoisotopic (exact) mass is 642 g/mol. The number of fused-ring (bicyclic) bond motifs is 7. The van der Waals surface area contributed by atoms with Crippen LogP contribution in [0.25, 0.3) is 98.0 Å². The van der Waals surface area contributed by atoms with Crippen molar-refractivity contribution in [2.45, 2.75) is 0 Å². The van der Waals surface area contributed by atoms with Gasteiger partial charge in [-0.25, -0.2) is 19.9 Å². The minimum Gasteiger partial charge on any atom is -0.236 e. The molecular formula is C44H26N4S. The van der Waals surface area contributed by atoms with Crippen molar-refractivity contribution in [2.24, 2.45) is 0 Å². The van der Waals surface area contributed by atoms with Gasteiger partial charge in [-0.05, 0) is 55.9 Å². The van der Waals surface area contributed by atoms with Gasteiger partial charge in [-0.3, -0.25) is 0 Å². The standard InChI is InChI=1S/C44H26N4S/c1-2-11-30(12-3-1)44-45-38-24-22-29-18-19-32-26-34(21-23-36(32)39(29)40(38)49-44)42-46-41(33-20-17-27-9-4-5-13-31(27)25-33)47-43(48-42)37-16-8-14-28-10-6-7-15-35(28)37/h1-26H. The Hall–Kier alpha value is -6.30. The molecular weight excluding hydrogens is 617 g/mol. The second-order valence-electron chi connectivity index (χ2n) is 12.3. The summed E-state index contributed by atoms with van der Waals surface area (Å²) in [4.78, 5) is 20.4. The minimum absolute atomic E-state index is 0.644. The minimum atomic E-state index is 0.644. The molecule has 0 aliphatic rings. The first kappa shape index (κ1) is 27.8. The molecule has 10 aromatic rings. The molecule has 10 rings (SSSR count). The van der Waals surface area contributed by atoms with Crippen molar-refractivity contribution in [3.8, 4) is 44.7 Å². The number of rotatable bonds is 4. The summed E-state index contributed by atoms with van der Waals surface area (Å²) in [6, 6.07) is 55.2. The number of hydrogen-bond donors (Lipinski definition) is 0. The number of nitrogens with zero attached hydrogens (tertiary/aromatic N) is 4. The summed E-state index contributed by atoms with van der Waals surface area (Å²) in [6.45, 7) is 0. The Kier molecular flexibility index (Phi) is 6.32. The van der Waals surface area contributed by atoms with Gasteiger partial charge in [0.25, 0.3) is 0 Å². The average Bonchev–Trinajstić information content (AvgIpc) is 3.62. The molecule has 0 unspecified atom stereocenters. The molecule has 0 radical (unpaired) electrons. The molecule has 4 nitrogen and oxygen atoms in total. The summed E-state index contributed by atoms with van der Waals surface area (Å²) in [5.74, 6) is 1.95. The van der Waals surface area contributed by atoms with Crippen molar-refractivity contribution < 1.29 is 0 Å². The van der Waals surface area contributed by atoms with Crippen LogP contribution in [0.3, 0.4) is 0 Å². The molecule has 0 spiro atoms. The predicted molar refractivity (Wildman–Crippen MR) is 205 cm³/mol. The molecule has 49 heavy (non-hydrogen) atoms. The van der Waals surface area contributed by atoms with Crippen molar-refractivity contribution in [1.82, 2.24) is 19.9 Å². The summed E-state index contributed by atoms with van der Waals surface area (Å²) < 4.78 is 1.20. The zero-order valence-electron chi connectivity index (χ0n) is 26.2. The molecule has 2 heterocycles. The maximum absolute atomic E-state index is 5.14. The van der Waals surface area contributed by atoms with Gasteiger partial charge >= 0.3 is 0 Å². The van der Waals surface area contributed by atoms with Crippen LogP contribution in [0.4, 0.5) is 0 Å². The maximum atomic E-state index is 5.14. The predicted octanol–water partition coefficient (Wildman–Crippen LogP) is 11.8. The summed E-state index contributed by atoms with van der Waals surface area (Å²) in [6.07, 6.45) is 0. The fraction of sp³-hybridized carbons (Fsp3) is 0. The van der Waals surface area contributed by atoms with Gasteiger partial charge in [0.05, 0.1) is 10.2 Å². The molecule has 228 valence electrons. The first-order valence-electron chi connectivity index (χ1n) is 16.3. The van der Waals surface area contributed by atoms with E-state index in [1.165, 1.54) is 26.2 Å². The van der Waals surface area contributed by atoms with Crippen LogP contribution in [0.2, 0.25) is 0 Å². The van der Waals surface area contributed by atoms with Gasteiger partial charge in [0.15, 0.2) is 17.5 Å². The van der Waals surface area contributed by atoms with E-state index in [4.69, 9.17) is 19.9 Å². The van der Waals surface area contributed by atoms with Gasteiger partial charge in [0.1, 0.15) is 5.01 Å². The number of thiazole rings is 1. The third kappa shape index (κ3) is 4.74. The SMILES string of the molecule is c1ccc(-c2nc3ccc4ccc5cc(-c6nc(-c7ccc8ccccc8c7)nc(-c7cccc8ccccc78)n6)ccc5c4c3s2)cc1. The second kappa shape index (κ2) is 11.2. The molecule has 0 amide bonds. The molecule has 8 aromatic carbocycles. The highest BCUT2D eigenvalue weighted by Crippen LogP contribution is 2.39. The number of benzene rings is 8. The smallest absolute Gasteiger partial charge is 0.164 e. The van der Waals surface area contributed by atoms with Crippen LogP contribution in [0.15, 0.2) is 158 Å². The Bertz CT molecular complexity index is 2890. The lowest BCUT2D eigenvalue weighted by Crippen LogP contribution is -2.00. The highest BCUT2D eigenvalue weighted by atomic mass is 32.1. The Balaban J connectivity index is 1.17. The molecule has 5 heteroatoms.